The van der Waals surface area contributed by atoms with Crippen LogP contribution in [0.15, 0.2) is 48.5 Å². The molecule has 2 aromatic rings. The first kappa shape index (κ1) is 14.3. The minimum absolute atomic E-state index is 0.801. The van der Waals surface area contributed by atoms with Gasteiger partial charge in [-0.05, 0) is 18.4 Å². The standard InChI is InChI=1S/C17H21NO2/c1-19-16-11-15(12-17(13-16)20-2)18-10-6-9-14-7-4-3-5-8-14/h3-5,7-8,11-13,18H,6,9-10H2,1-2H3. The van der Waals surface area contributed by atoms with Gasteiger partial charge in [-0.25, -0.2) is 0 Å². The fourth-order valence-corrected chi connectivity index (χ4v) is 2.08. The SMILES string of the molecule is COc1cc(NCCCc2ccccc2)cc(OC)c1. The Labute approximate surface area is 120 Å². The van der Waals surface area contributed by atoms with E-state index in [-0.39, 0.29) is 0 Å². The zero-order valence-corrected chi connectivity index (χ0v) is 12.1. The number of methoxy groups -OCH3 is 2. The molecule has 0 aliphatic heterocycles. The molecular weight excluding hydrogens is 250 g/mol. The highest BCUT2D eigenvalue weighted by molar-refractivity contribution is 5.53. The number of aryl methyl sites for hydroxylation is 1. The van der Waals surface area contributed by atoms with Crippen LogP contribution in [0.4, 0.5) is 5.69 Å². The van der Waals surface area contributed by atoms with Crippen LogP contribution in [0.3, 0.4) is 0 Å². The van der Waals surface area contributed by atoms with Gasteiger partial charge < -0.3 is 14.8 Å². The van der Waals surface area contributed by atoms with Crippen molar-refractivity contribution in [2.24, 2.45) is 0 Å². The third kappa shape index (κ3) is 4.19. The number of hydrogen-bond donors (Lipinski definition) is 1. The van der Waals surface area contributed by atoms with Gasteiger partial charge >= 0.3 is 0 Å². The Bertz CT molecular complexity index is 504. The fourth-order valence-electron chi connectivity index (χ4n) is 2.08. The largest absolute Gasteiger partial charge is 0.497 e. The predicted molar refractivity (Wildman–Crippen MR) is 82.8 cm³/mol. The molecule has 3 heteroatoms. The molecule has 0 aromatic heterocycles. The van der Waals surface area contributed by atoms with Gasteiger partial charge in [0.1, 0.15) is 11.5 Å². The van der Waals surface area contributed by atoms with Gasteiger partial charge in [-0.15, -0.1) is 0 Å². The van der Waals surface area contributed by atoms with Crippen LogP contribution in [0.2, 0.25) is 0 Å². The number of anilines is 1. The van der Waals surface area contributed by atoms with Crippen molar-refractivity contribution in [3.05, 3.63) is 54.1 Å². The molecule has 0 atom stereocenters. The van der Waals surface area contributed by atoms with Gasteiger partial charge in [-0.3, -0.25) is 0 Å². The third-order valence-electron chi connectivity index (χ3n) is 3.17. The highest BCUT2D eigenvalue weighted by Crippen LogP contribution is 2.25. The number of nitrogens with one attached hydrogen (secondary N) is 1. The van der Waals surface area contributed by atoms with Crippen LogP contribution in [0.25, 0.3) is 0 Å². The average molecular weight is 271 g/mol. The smallest absolute Gasteiger partial charge is 0.124 e. The lowest BCUT2D eigenvalue weighted by atomic mass is 10.1. The van der Waals surface area contributed by atoms with Crippen molar-refractivity contribution >= 4 is 5.69 Å². The van der Waals surface area contributed by atoms with Crippen molar-refractivity contribution in [3.63, 3.8) is 0 Å². The molecule has 0 heterocycles. The predicted octanol–water partition coefficient (Wildman–Crippen LogP) is 3.75. The summed E-state index contributed by atoms with van der Waals surface area (Å²) in [7, 11) is 3.32. The summed E-state index contributed by atoms with van der Waals surface area (Å²) in [5.41, 5.74) is 2.40. The van der Waals surface area contributed by atoms with Gasteiger partial charge in [-0.1, -0.05) is 30.3 Å². The number of hydrogen-bond acceptors (Lipinski definition) is 3. The van der Waals surface area contributed by atoms with E-state index < -0.39 is 0 Å². The normalized spacial score (nSPS) is 10.1. The monoisotopic (exact) mass is 271 g/mol. The van der Waals surface area contributed by atoms with Crippen molar-refractivity contribution < 1.29 is 9.47 Å². The molecule has 1 N–H and O–H groups in total. The molecule has 106 valence electrons. The van der Waals surface area contributed by atoms with Crippen LogP contribution >= 0.6 is 0 Å². The molecule has 2 rings (SSSR count). The Morgan fingerprint density at radius 3 is 2.15 bits per heavy atom. The highest BCUT2D eigenvalue weighted by Gasteiger charge is 2.01. The summed E-state index contributed by atoms with van der Waals surface area (Å²) >= 11 is 0. The first-order chi connectivity index (χ1) is 9.81. The number of benzene rings is 2. The van der Waals surface area contributed by atoms with Crippen LogP contribution in [0, 0.1) is 0 Å². The Kier molecular flexibility index (Phi) is 5.30. The molecule has 0 bridgehead atoms. The first-order valence-electron chi connectivity index (χ1n) is 6.82. The second-order valence-corrected chi connectivity index (χ2v) is 4.62. The zero-order chi connectivity index (χ0) is 14.2. The molecule has 0 radical (unpaired) electrons. The molecule has 20 heavy (non-hydrogen) atoms. The first-order valence-corrected chi connectivity index (χ1v) is 6.82. The van der Waals surface area contributed by atoms with Crippen molar-refractivity contribution in [2.45, 2.75) is 12.8 Å². The summed E-state index contributed by atoms with van der Waals surface area (Å²) in [6, 6.07) is 16.4. The Morgan fingerprint density at radius 2 is 1.55 bits per heavy atom. The van der Waals surface area contributed by atoms with Crippen molar-refractivity contribution in [1.29, 1.82) is 0 Å². The minimum Gasteiger partial charge on any atom is -0.497 e. The van der Waals surface area contributed by atoms with Crippen LogP contribution < -0.4 is 14.8 Å². The summed E-state index contributed by atoms with van der Waals surface area (Å²) < 4.78 is 10.5. The average Bonchev–Trinajstić information content (AvgIpc) is 2.52. The molecule has 3 nitrogen and oxygen atoms in total. The van der Waals surface area contributed by atoms with E-state index in [1.54, 1.807) is 14.2 Å². The lowest BCUT2D eigenvalue weighted by Gasteiger charge is -2.10. The van der Waals surface area contributed by atoms with E-state index in [0.717, 1.165) is 36.6 Å². The lowest BCUT2D eigenvalue weighted by molar-refractivity contribution is 0.394. The number of rotatable bonds is 7. The van der Waals surface area contributed by atoms with E-state index in [0.29, 0.717) is 0 Å². The molecule has 0 unspecified atom stereocenters. The maximum atomic E-state index is 5.25. The van der Waals surface area contributed by atoms with Crippen molar-refractivity contribution in [1.82, 2.24) is 0 Å². The second kappa shape index (κ2) is 7.43. The van der Waals surface area contributed by atoms with E-state index in [2.05, 4.69) is 29.6 Å². The van der Waals surface area contributed by atoms with Gasteiger partial charge in [0.25, 0.3) is 0 Å². The van der Waals surface area contributed by atoms with E-state index in [4.69, 9.17) is 9.47 Å². The maximum Gasteiger partial charge on any atom is 0.124 e. The lowest BCUT2D eigenvalue weighted by Crippen LogP contribution is -2.03. The van der Waals surface area contributed by atoms with Crippen molar-refractivity contribution in [3.8, 4) is 11.5 Å². The number of ether oxygens (including phenoxy) is 2. The Balaban J connectivity index is 1.84. The third-order valence-corrected chi connectivity index (χ3v) is 3.17. The van der Waals surface area contributed by atoms with Crippen LogP contribution in [-0.4, -0.2) is 20.8 Å². The summed E-state index contributed by atoms with van der Waals surface area (Å²) in [5, 5.41) is 3.40. The van der Waals surface area contributed by atoms with Gasteiger partial charge in [-0.2, -0.15) is 0 Å². The molecule has 0 aliphatic carbocycles. The highest BCUT2D eigenvalue weighted by atomic mass is 16.5. The van der Waals surface area contributed by atoms with E-state index in [1.807, 2.05) is 24.3 Å². The molecule has 0 saturated carbocycles. The molecule has 2 aromatic carbocycles. The Morgan fingerprint density at radius 1 is 0.900 bits per heavy atom. The topological polar surface area (TPSA) is 30.5 Å². The molecule has 0 aliphatic rings. The summed E-state index contributed by atoms with van der Waals surface area (Å²) in [4.78, 5) is 0. The van der Waals surface area contributed by atoms with Crippen LogP contribution in [0.1, 0.15) is 12.0 Å². The quantitative estimate of drug-likeness (QED) is 0.778. The second-order valence-electron chi connectivity index (χ2n) is 4.62. The van der Waals surface area contributed by atoms with Gasteiger partial charge in [0.05, 0.1) is 14.2 Å². The molecular formula is C17H21NO2. The van der Waals surface area contributed by atoms with Gasteiger partial charge in [0.2, 0.25) is 0 Å². The minimum atomic E-state index is 0.801. The zero-order valence-electron chi connectivity index (χ0n) is 12.1. The van der Waals surface area contributed by atoms with E-state index in [1.165, 1.54) is 5.56 Å². The van der Waals surface area contributed by atoms with E-state index in [9.17, 15) is 0 Å². The van der Waals surface area contributed by atoms with E-state index >= 15 is 0 Å². The summed E-state index contributed by atoms with van der Waals surface area (Å²) in [6.45, 7) is 0.922. The molecule has 0 spiro atoms. The Hall–Kier alpha value is -2.16. The molecule has 0 saturated heterocycles. The van der Waals surface area contributed by atoms with Gasteiger partial charge in [0, 0.05) is 30.4 Å². The van der Waals surface area contributed by atoms with Crippen LogP contribution in [-0.2, 0) is 6.42 Å². The molecule has 0 fully saturated rings. The summed E-state index contributed by atoms with van der Waals surface area (Å²) in [6.07, 6.45) is 2.17. The maximum absolute atomic E-state index is 5.25. The molecule has 0 amide bonds. The van der Waals surface area contributed by atoms with Gasteiger partial charge in [0.15, 0.2) is 0 Å². The van der Waals surface area contributed by atoms with Crippen LogP contribution in [0.5, 0.6) is 11.5 Å². The fraction of sp³-hybridized carbons (Fsp3) is 0.294. The van der Waals surface area contributed by atoms with Crippen molar-refractivity contribution in [2.75, 3.05) is 26.1 Å². The summed E-state index contributed by atoms with van der Waals surface area (Å²) in [5.74, 6) is 1.60.